The molecule has 5 heterocycles. The van der Waals surface area contributed by atoms with Gasteiger partial charge < -0.3 is 58.0 Å². The van der Waals surface area contributed by atoms with Crippen LogP contribution in [0.2, 0.25) is 0 Å². The third kappa shape index (κ3) is 4.70. The highest BCUT2D eigenvalue weighted by Gasteiger charge is 2.56. The summed E-state index contributed by atoms with van der Waals surface area (Å²) in [5.74, 6) is -6.19. The van der Waals surface area contributed by atoms with Gasteiger partial charge in [0.15, 0.2) is 35.6 Å². The largest absolute Gasteiger partial charge is 0.502 e. The van der Waals surface area contributed by atoms with E-state index in [9.17, 15) is 21.5 Å². The number of aromatic hydroxyl groups is 1. The van der Waals surface area contributed by atoms with Crippen molar-refractivity contribution in [2.45, 2.75) is 49.0 Å². The zero-order chi connectivity index (χ0) is 34.4. The molecule has 3 N–H and O–H groups in total. The van der Waals surface area contributed by atoms with E-state index in [1.54, 1.807) is 12.1 Å². The minimum atomic E-state index is -2.76. The number of carbonyl (C=O) groups excluding carboxylic acids is 1. The normalized spacial score (nSPS) is 38.0. The summed E-state index contributed by atoms with van der Waals surface area (Å²) in [7, 11) is 2.66. The number of methoxy groups -OCH3 is 2. The van der Waals surface area contributed by atoms with E-state index in [1.165, 1.54) is 37.7 Å². The summed E-state index contributed by atoms with van der Waals surface area (Å²) in [6.07, 6.45) is -8.87. The summed E-state index contributed by atoms with van der Waals surface area (Å²) in [6, 6.07) is 9.67. The topological polar surface area (TPSA) is 161 Å². The number of aliphatic hydroxyl groups excluding tert-OH is 2. The Balaban J connectivity index is 1.22. The molecule has 1 aromatic heterocycles. The monoisotopic (exact) mass is 659 g/mol. The lowest BCUT2D eigenvalue weighted by Gasteiger charge is -2.48. The van der Waals surface area contributed by atoms with E-state index in [0.717, 1.165) is 4.88 Å². The highest BCUT2D eigenvalue weighted by molar-refractivity contribution is 7.10. The molecule has 46 heavy (non-hydrogen) atoms. The van der Waals surface area contributed by atoms with Gasteiger partial charge in [-0.25, -0.2) is 0 Å². The van der Waals surface area contributed by atoms with Crippen LogP contribution in [0.15, 0.2) is 41.8 Å². The van der Waals surface area contributed by atoms with Crippen LogP contribution >= 0.6 is 11.3 Å². The van der Waals surface area contributed by atoms with Crippen LogP contribution in [-0.2, 0) is 28.5 Å². The number of carbonyl (C=O) groups is 1. The number of hydrogen-bond donors (Lipinski definition) is 3. The SMILES string of the molecule is [2H]C1([2H])OC(=O)[C@]2([2H])[C@H](c3cc(OC)c(O)c(OC)c3)c3cc4c(cc3[C@@H](O[C@@H]3O[C@@H]5CO[C@@H](c6cccs6)O[C@H]5[C@H](O)[C@H]3O)[C@@H]12)OCO4. The van der Waals surface area contributed by atoms with E-state index in [4.69, 9.17) is 45.4 Å². The average molecular weight is 660 g/mol. The number of hydrogen-bond acceptors (Lipinski definition) is 14. The predicted octanol–water partition coefficient (Wildman–Crippen LogP) is 2.75. The molecule has 14 heteroatoms. The average Bonchev–Trinajstić information content (AvgIpc) is 3.82. The fourth-order valence-electron chi connectivity index (χ4n) is 6.70. The van der Waals surface area contributed by atoms with Crippen molar-refractivity contribution in [3.8, 4) is 28.7 Å². The van der Waals surface area contributed by atoms with Gasteiger partial charge in [0, 0.05) is 13.2 Å². The molecular formula is C32H32O13S. The van der Waals surface area contributed by atoms with Gasteiger partial charge in [-0.3, -0.25) is 4.79 Å². The third-order valence-corrected chi connectivity index (χ3v) is 9.78. The lowest BCUT2D eigenvalue weighted by atomic mass is 9.66. The van der Waals surface area contributed by atoms with E-state index in [2.05, 4.69) is 0 Å². The number of phenolic OH excluding ortho intramolecular Hbond substituents is 1. The number of fused-ring (bicyclic) bond motifs is 4. The highest BCUT2D eigenvalue weighted by Crippen LogP contribution is 2.57. The van der Waals surface area contributed by atoms with Crippen LogP contribution in [0.3, 0.4) is 0 Å². The van der Waals surface area contributed by atoms with Gasteiger partial charge in [0.05, 0.1) is 47.0 Å². The maximum Gasteiger partial charge on any atom is 0.310 e. The summed E-state index contributed by atoms with van der Waals surface area (Å²) >= 11 is 1.41. The highest BCUT2D eigenvalue weighted by atomic mass is 32.1. The summed E-state index contributed by atoms with van der Waals surface area (Å²) in [5, 5.41) is 35.1. The zero-order valence-electron chi connectivity index (χ0n) is 27.5. The van der Waals surface area contributed by atoms with Crippen molar-refractivity contribution in [3.63, 3.8) is 0 Å². The number of rotatable bonds is 6. The van der Waals surface area contributed by atoms with Crippen molar-refractivity contribution in [2.75, 3.05) is 34.2 Å². The molecule has 3 fully saturated rings. The van der Waals surface area contributed by atoms with Gasteiger partial charge in [-0.05, 0) is 52.4 Å². The Bertz CT molecular complexity index is 1750. The van der Waals surface area contributed by atoms with Crippen molar-refractivity contribution >= 4 is 17.3 Å². The molecule has 3 saturated heterocycles. The lowest BCUT2D eigenvalue weighted by Crippen LogP contribution is -2.62. The molecular weight excluding hydrogens is 624 g/mol. The molecule has 10 atom stereocenters. The number of cyclic esters (lactones) is 1. The second kappa shape index (κ2) is 11.6. The Morgan fingerprint density at radius 1 is 1.00 bits per heavy atom. The second-order valence-electron chi connectivity index (χ2n) is 11.3. The van der Waals surface area contributed by atoms with Gasteiger partial charge in [0.1, 0.15) is 24.4 Å². The van der Waals surface area contributed by atoms with Gasteiger partial charge >= 0.3 is 5.97 Å². The van der Waals surface area contributed by atoms with Crippen LogP contribution in [-0.4, -0.2) is 86.2 Å². The first-order chi connectivity index (χ1) is 23.5. The molecule has 5 aliphatic rings. The summed E-state index contributed by atoms with van der Waals surface area (Å²) < 4.78 is 79.2. The Kier molecular flexibility index (Phi) is 6.64. The minimum Gasteiger partial charge on any atom is -0.502 e. The fourth-order valence-corrected chi connectivity index (χ4v) is 7.41. The number of esters is 1. The molecule has 3 aromatic rings. The van der Waals surface area contributed by atoms with E-state index in [1.807, 2.05) is 17.5 Å². The second-order valence-corrected chi connectivity index (χ2v) is 12.3. The summed E-state index contributed by atoms with van der Waals surface area (Å²) in [6.45, 7) is -2.88. The molecule has 0 radical (unpaired) electrons. The van der Waals surface area contributed by atoms with Gasteiger partial charge in [-0.15, -0.1) is 11.3 Å². The number of phenols is 1. The van der Waals surface area contributed by atoms with E-state index < -0.39 is 73.4 Å². The van der Waals surface area contributed by atoms with Crippen molar-refractivity contribution < 1.29 is 66.9 Å². The lowest BCUT2D eigenvalue weighted by molar-refractivity contribution is -0.368. The van der Waals surface area contributed by atoms with Crippen molar-refractivity contribution in [2.24, 2.45) is 11.8 Å². The molecule has 8 rings (SSSR count). The molecule has 0 spiro atoms. The number of thiophene rings is 1. The minimum absolute atomic E-state index is 0.00921. The van der Waals surface area contributed by atoms with Crippen LogP contribution < -0.4 is 18.9 Å². The van der Waals surface area contributed by atoms with Crippen LogP contribution in [0.5, 0.6) is 28.7 Å². The molecule has 4 aliphatic heterocycles. The Hall–Kier alpha value is -3.63. The van der Waals surface area contributed by atoms with Gasteiger partial charge in [-0.1, -0.05) is 6.07 Å². The maximum absolute atomic E-state index is 13.8. The van der Waals surface area contributed by atoms with Crippen molar-refractivity contribution in [3.05, 3.63) is 63.3 Å². The maximum atomic E-state index is 13.8. The molecule has 0 bridgehead atoms. The standard InChI is InChI=1S/C32H32O13S/c1-37-19-6-13(7-20(38-2)25(19)33)23-14-8-17-18(42-12-41-17)9-15(14)28(16-10-39-30(36)24(16)23)44-32-27(35)26(34)29-21(43-32)11-40-31(45-29)22-4-3-5-46-22/h3-9,16,21,23-24,26-29,31-35H,10-12H2,1-2H3/t16-,21+,23+,24-,26+,27+,28+,29+,31+,32-/m0/s1/i10D2,24D. The van der Waals surface area contributed by atoms with Gasteiger partial charge in [0.25, 0.3) is 0 Å². The molecule has 0 unspecified atom stereocenters. The van der Waals surface area contributed by atoms with Crippen LogP contribution in [0.4, 0.5) is 0 Å². The Labute approximate surface area is 271 Å². The molecule has 0 amide bonds. The van der Waals surface area contributed by atoms with E-state index in [0.29, 0.717) is 17.1 Å². The Morgan fingerprint density at radius 2 is 1.74 bits per heavy atom. The molecule has 244 valence electrons. The third-order valence-electron chi connectivity index (χ3n) is 8.88. The van der Waals surface area contributed by atoms with E-state index >= 15 is 0 Å². The smallest absolute Gasteiger partial charge is 0.310 e. The Morgan fingerprint density at radius 3 is 2.43 bits per heavy atom. The number of ether oxygens (including phenoxy) is 9. The van der Waals surface area contributed by atoms with Gasteiger partial charge in [-0.2, -0.15) is 0 Å². The van der Waals surface area contributed by atoms with Crippen LogP contribution in [0.25, 0.3) is 0 Å². The fraction of sp³-hybridized carbons (Fsp3) is 0.469. The molecule has 0 saturated carbocycles. The number of aliphatic hydroxyl groups is 2. The zero-order valence-corrected chi connectivity index (χ0v) is 25.3. The molecule has 13 nitrogen and oxygen atoms in total. The van der Waals surface area contributed by atoms with Crippen molar-refractivity contribution in [1.29, 1.82) is 0 Å². The number of benzene rings is 2. The van der Waals surface area contributed by atoms with Crippen LogP contribution in [0.1, 0.15) is 44.0 Å². The van der Waals surface area contributed by atoms with E-state index in [-0.39, 0.29) is 41.8 Å². The summed E-state index contributed by atoms with van der Waals surface area (Å²) in [4.78, 5) is 14.6. The van der Waals surface area contributed by atoms with Crippen molar-refractivity contribution in [1.82, 2.24) is 0 Å². The predicted molar refractivity (Wildman–Crippen MR) is 156 cm³/mol. The molecule has 1 aliphatic carbocycles. The quantitative estimate of drug-likeness (QED) is 0.332. The first-order valence-corrected chi connectivity index (χ1v) is 15.4. The first-order valence-electron chi connectivity index (χ1n) is 16.1. The van der Waals surface area contributed by atoms with Crippen LogP contribution in [0, 0.1) is 11.8 Å². The molecule has 2 aromatic carbocycles. The van der Waals surface area contributed by atoms with Gasteiger partial charge in [0.2, 0.25) is 12.5 Å². The first kappa shape index (κ1) is 26.4. The summed E-state index contributed by atoms with van der Waals surface area (Å²) in [5.41, 5.74) is 0.872.